The van der Waals surface area contributed by atoms with E-state index in [0.29, 0.717) is 30.1 Å². The molecule has 2 amide bonds. The number of likely N-dealkylation sites (tertiary alicyclic amines) is 1. The maximum absolute atomic E-state index is 12.1. The Morgan fingerprint density at radius 2 is 2.18 bits per heavy atom. The second kappa shape index (κ2) is 6.50. The van der Waals surface area contributed by atoms with Gasteiger partial charge in [-0.25, -0.2) is 0 Å². The van der Waals surface area contributed by atoms with Gasteiger partial charge in [-0.05, 0) is 23.1 Å². The quantitative estimate of drug-likeness (QED) is 0.934. The molecule has 1 aliphatic heterocycles. The summed E-state index contributed by atoms with van der Waals surface area (Å²) in [5.41, 5.74) is 1.56. The maximum atomic E-state index is 12.1. The molecule has 0 spiro atoms. The summed E-state index contributed by atoms with van der Waals surface area (Å²) in [7, 11) is 0. The van der Waals surface area contributed by atoms with Gasteiger partial charge in [0.25, 0.3) is 5.91 Å². The number of carbonyl (C=O) groups is 2. The van der Waals surface area contributed by atoms with Crippen LogP contribution < -0.4 is 5.32 Å². The van der Waals surface area contributed by atoms with Crippen LogP contribution in [-0.4, -0.2) is 29.3 Å². The van der Waals surface area contributed by atoms with Crippen molar-refractivity contribution in [2.24, 2.45) is 0 Å². The lowest BCUT2D eigenvalue weighted by atomic mass is 10.2. The number of halogens is 1. The monoisotopic (exact) mass is 334 g/mol. The van der Waals surface area contributed by atoms with Gasteiger partial charge in [-0.15, -0.1) is 0 Å². The van der Waals surface area contributed by atoms with E-state index in [-0.39, 0.29) is 17.9 Å². The van der Waals surface area contributed by atoms with Crippen LogP contribution in [0.3, 0.4) is 0 Å². The summed E-state index contributed by atoms with van der Waals surface area (Å²) in [4.78, 5) is 25.9. The maximum Gasteiger partial charge on any atom is 0.252 e. The molecular weight excluding hydrogens is 320 g/mol. The minimum absolute atomic E-state index is 0.0375. The first kappa shape index (κ1) is 15.1. The molecule has 1 fully saturated rings. The van der Waals surface area contributed by atoms with Crippen molar-refractivity contribution in [1.29, 1.82) is 0 Å². The second-order valence-corrected chi connectivity index (χ2v) is 6.44. The van der Waals surface area contributed by atoms with Gasteiger partial charge < -0.3 is 10.2 Å². The summed E-state index contributed by atoms with van der Waals surface area (Å²) in [5.74, 6) is -0.0887. The Bertz CT molecular complexity index is 687. The topological polar surface area (TPSA) is 49.4 Å². The van der Waals surface area contributed by atoms with Crippen LogP contribution in [0.2, 0.25) is 5.02 Å². The molecule has 3 rings (SSSR count). The Hall–Kier alpha value is -1.85. The number of rotatable bonds is 4. The molecule has 1 aromatic carbocycles. The van der Waals surface area contributed by atoms with E-state index in [4.69, 9.17) is 11.6 Å². The summed E-state index contributed by atoms with van der Waals surface area (Å²) in [6.45, 7) is 0.989. The van der Waals surface area contributed by atoms with Gasteiger partial charge >= 0.3 is 0 Å². The standard InChI is InChI=1S/C16H15ClN2O2S/c17-14-4-2-1-3-11(14)8-19-9-13(7-15(19)20)18-16(21)12-5-6-22-10-12/h1-6,10,13H,7-9H2,(H,18,21). The Kier molecular flexibility index (Phi) is 4.45. The van der Waals surface area contributed by atoms with Gasteiger partial charge in [0.15, 0.2) is 0 Å². The van der Waals surface area contributed by atoms with E-state index in [0.717, 1.165) is 5.56 Å². The number of nitrogens with one attached hydrogen (secondary N) is 1. The molecule has 2 heterocycles. The lowest BCUT2D eigenvalue weighted by Crippen LogP contribution is -2.36. The minimum Gasteiger partial charge on any atom is -0.347 e. The van der Waals surface area contributed by atoms with Crippen molar-refractivity contribution < 1.29 is 9.59 Å². The number of thiophene rings is 1. The van der Waals surface area contributed by atoms with Crippen molar-refractivity contribution in [3.05, 3.63) is 57.2 Å². The molecule has 4 nitrogen and oxygen atoms in total. The molecule has 6 heteroatoms. The number of hydrogen-bond donors (Lipinski definition) is 1. The fourth-order valence-electron chi connectivity index (χ4n) is 2.52. The van der Waals surface area contributed by atoms with Crippen molar-refractivity contribution in [2.75, 3.05) is 6.54 Å². The first-order valence-corrected chi connectivity index (χ1v) is 8.30. The molecule has 0 bridgehead atoms. The third kappa shape index (κ3) is 3.31. The molecule has 2 aromatic rings. The highest BCUT2D eigenvalue weighted by molar-refractivity contribution is 7.08. The zero-order valence-electron chi connectivity index (χ0n) is 11.8. The fourth-order valence-corrected chi connectivity index (χ4v) is 3.35. The van der Waals surface area contributed by atoms with Gasteiger partial charge in [0.1, 0.15) is 0 Å². The van der Waals surface area contributed by atoms with Gasteiger partial charge in [0, 0.05) is 35.5 Å². The van der Waals surface area contributed by atoms with Crippen molar-refractivity contribution in [1.82, 2.24) is 10.2 Å². The van der Waals surface area contributed by atoms with E-state index in [1.165, 1.54) is 11.3 Å². The molecular formula is C16H15ClN2O2S. The van der Waals surface area contributed by atoms with E-state index in [1.54, 1.807) is 16.3 Å². The Morgan fingerprint density at radius 3 is 2.91 bits per heavy atom. The number of nitrogens with zero attached hydrogens (tertiary/aromatic N) is 1. The smallest absolute Gasteiger partial charge is 0.252 e. The lowest BCUT2D eigenvalue weighted by Gasteiger charge is -2.17. The first-order valence-electron chi connectivity index (χ1n) is 6.98. The summed E-state index contributed by atoms with van der Waals surface area (Å²) >= 11 is 7.61. The van der Waals surface area contributed by atoms with Crippen LogP contribution in [0.5, 0.6) is 0 Å². The summed E-state index contributed by atoms with van der Waals surface area (Å²) in [6, 6.07) is 9.11. The van der Waals surface area contributed by atoms with Crippen LogP contribution in [0, 0.1) is 0 Å². The summed E-state index contributed by atoms with van der Waals surface area (Å²) in [5, 5.41) is 7.23. The molecule has 0 saturated carbocycles. The van der Waals surface area contributed by atoms with Gasteiger partial charge in [-0.1, -0.05) is 29.8 Å². The number of amides is 2. The molecule has 22 heavy (non-hydrogen) atoms. The second-order valence-electron chi connectivity index (χ2n) is 5.25. The molecule has 0 aliphatic carbocycles. The van der Waals surface area contributed by atoms with Crippen LogP contribution in [-0.2, 0) is 11.3 Å². The highest BCUT2D eigenvalue weighted by atomic mass is 35.5. The van der Waals surface area contributed by atoms with Crippen LogP contribution in [0.25, 0.3) is 0 Å². The van der Waals surface area contributed by atoms with Gasteiger partial charge in [0.05, 0.1) is 6.04 Å². The van der Waals surface area contributed by atoms with Crippen molar-refractivity contribution >= 4 is 34.8 Å². The van der Waals surface area contributed by atoms with E-state index in [2.05, 4.69) is 5.32 Å². The molecule has 1 atom stereocenters. The van der Waals surface area contributed by atoms with E-state index in [9.17, 15) is 9.59 Å². The van der Waals surface area contributed by atoms with Crippen LogP contribution in [0.15, 0.2) is 41.1 Å². The van der Waals surface area contributed by atoms with Crippen LogP contribution in [0.4, 0.5) is 0 Å². The van der Waals surface area contributed by atoms with Crippen molar-refractivity contribution in [2.45, 2.75) is 19.0 Å². The van der Waals surface area contributed by atoms with Crippen LogP contribution in [0.1, 0.15) is 22.3 Å². The van der Waals surface area contributed by atoms with E-state index < -0.39 is 0 Å². The minimum atomic E-state index is -0.151. The number of benzene rings is 1. The average Bonchev–Trinajstić information content (AvgIpc) is 3.12. The molecule has 1 unspecified atom stereocenters. The SMILES string of the molecule is O=C(NC1CC(=O)N(Cc2ccccc2Cl)C1)c1ccsc1. The zero-order chi connectivity index (χ0) is 15.5. The number of carbonyl (C=O) groups excluding carboxylic acids is 2. The predicted molar refractivity (Wildman–Crippen MR) is 87.1 cm³/mol. The number of hydrogen-bond acceptors (Lipinski definition) is 3. The highest BCUT2D eigenvalue weighted by Gasteiger charge is 2.31. The zero-order valence-corrected chi connectivity index (χ0v) is 13.4. The molecule has 114 valence electrons. The lowest BCUT2D eigenvalue weighted by molar-refractivity contribution is -0.128. The molecule has 1 aliphatic rings. The van der Waals surface area contributed by atoms with E-state index >= 15 is 0 Å². The Labute approximate surface area is 137 Å². The third-order valence-electron chi connectivity index (χ3n) is 3.65. The van der Waals surface area contributed by atoms with Gasteiger partial charge in [0.2, 0.25) is 5.91 Å². The van der Waals surface area contributed by atoms with E-state index in [1.807, 2.05) is 29.6 Å². The van der Waals surface area contributed by atoms with Crippen molar-refractivity contribution in [3.63, 3.8) is 0 Å². The van der Waals surface area contributed by atoms with Crippen molar-refractivity contribution in [3.8, 4) is 0 Å². The Balaban J connectivity index is 1.61. The molecule has 1 aromatic heterocycles. The van der Waals surface area contributed by atoms with Gasteiger partial charge in [-0.3, -0.25) is 9.59 Å². The van der Waals surface area contributed by atoms with Crippen LogP contribution >= 0.6 is 22.9 Å². The third-order valence-corrected chi connectivity index (χ3v) is 4.70. The first-order chi connectivity index (χ1) is 10.6. The Morgan fingerprint density at radius 1 is 1.36 bits per heavy atom. The van der Waals surface area contributed by atoms with Gasteiger partial charge in [-0.2, -0.15) is 11.3 Å². The normalized spacial score (nSPS) is 17.8. The highest BCUT2D eigenvalue weighted by Crippen LogP contribution is 2.21. The molecule has 0 radical (unpaired) electrons. The fraction of sp³-hybridized carbons (Fsp3) is 0.250. The molecule has 1 N–H and O–H groups in total. The predicted octanol–water partition coefficient (Wildman–Crippen LogP) is 2.93. The average molecular weight is 335 g/mol. The molecule has 1 saturated heterocycles. The largest absolute Gasteiger partial charge is 0.347 e. The summed E-state index contributed by atoms with van der Waals surface area (Å²) < 4.78 is 0. The summed E-state index contributed by atoms with van der Waals surface area (Å²) in [6.07, 6.45) is 0.334.